The first kappa shape index (κ1) is 20.5. The van der Waals surface area contributed by atoms with Gasteiger partial charge < -0.3 is 13.9 Å². The lowest BCUT2D eigenvalue weighted by molar-refractivity contribution is 0.0528. The summed E-state index contributed by atoms with van der Waals surface area (Å²) in [6.07, 6.45) is 1.55. The molecular weight excluding hydrogens is 386 g/mol. The SMILES string of the molecule is CCOC(=O)c1cc(C(OCC#Cc2ccccc2)c2ccccc2)n2ccccc12. The van der Waals surface area contributed by atoms with E-state index in [1.807, 2.05) is 95.5 Å². The summed E-state index contributed by atoms with van der Waals surface area (Å²) in [6.45, 7) is 2.38. The molecule has 31 heavy (non-hydrogen) atoms. The minimum absolute atomic E-state index is 0.253. The molecule has 0 bridgehead atoms. The lowest BCUT2D eigenvalue weighted by atomic mass is 10.1. The third-order valence-corrected chi connectivity index (χ3v) is 4.90. The van der Waals surface area contributed by atoms with Crippen molar-refractivity contribution in [3.63, 3.8) is 0 Å². The number of nitrogens with zero attached hydrogens (tertiary/aromatic N) is 1. The first-order chi connectivity index (χ1) is 15.3. The third kappa shape index (κ3) is 4.69. The number of benzene rings is 2. The van der Waals surface area contributed by atoms with Crippen molar-refractivity contribution in [3.8, 4) is 11.8 Å². The smallest absolute Gasteiger partial charge is 0.340 e. The molecule has 2 heterocycles. The highest BCUT2D eigenvalue weighted by molar-refractivity contribution is 5.97. The first-order valence-electron chi connectivity index (χ1n) is 10.3. The van der Waals surface area contributed by atoms with Crippen LogP contribution in [0.4, 0.5) is 0 Å². The molecule has 0 aliphatic heterocycles. The van der Waals surface area contributed by atoms with Crippen molar-refractivity contribution < 1.29 is 14.3 Å². The lowest BCUT2D eigenvalue weighted by Gasteiger charge is -2.17. The Kier molecular flexibility index (Phi) is 6.47. The van der Waals surface area contributed by atoms with Gasteiger partial charge in [0.05, 0.1) is 23.4 Å². The monoisotopic (exact) mass is 409 g/mol. The van der Waals surface area contributed by atoms with E-state index < -0.39 is 0 Å². The summed E-state index contributed by atoms with van der Waals surface area (Å²) in [7, 11) is 0. The van der Waals surface area contributed by atoms with Gasteiger partial charge >= 0.3 is 5.97 Å². The van der Waals surface area contributed by atoms with Gasteiger partial charge in [-0.1, -0.05) is 66.4 Å². The number of carbonyl (C=O) groups excluding carboxylic acids is 1. The van der Waals surface area contributed by atoms with Crippen LogP contribution >= 0.6 is 0 Å². The first-order valence-corrected chi connectivity index (χ1v) is 10.3. The Labute approximate surface area is 182 Å². The van der Waals surface area contributed by atoms with Crippen LogP contribution in [0.2, 0.25) is 0 Å². The fraction of sp³-hybridized carbons (Fsp3) is 0.148. The molecule has 4 nitrogen and oxygen atoms in total. The number of hydrogen-bond acceptors (Lipinski definition) is 3. The molecule has 4 heteroatoms. The number of ether oxygens (including phenoxy) is 2. The van der Waals surface area contributed by atoms with E-state index >= 15 is 0 Å². The van der Waals surface area contributed by atoms with Crippen molar-refractivity contribution >= 4 is 11.5 Å². The van der Waals surface area contributed by atoms with Crippen LogP contribution in [-0.4, -0.2) is 23.6 Å². The van der Waals surface area contributed by atoms with Gasteiger partial charge in [0.2, 0.25) is 0 Å². The Morgan fingerprint density at radius 3 is 2.42 bits per heavy atom. The topological polar surface area (TPSA) is 39.9 Å². The van der Waals surface area contributed by atoms with E-state index in [1.54, 1.807) is 6.92 Å². The number of fused-ring (bicyclic) bond motifs is 1. The predicted octanol–water partition coefficient (Wildman–Crippen LogP) is 5.27. The molecule has 2 aromatic heterocycles. The second kappa shape index (κ2) is 9.80. The number of carbonyl (C=O) groups is 1. The molecule has 0 saturated carbocycles. The molecular formula is C27H23NO3. The van der Waals surface area contributed by atoms with Gasteiger partial charge in [-0.2, -0.15) is 0 Å². The van der Waals surface area contributed by atoms with E-state index in [0.29, 0.717) is 12.2 Å². The number of hydrogen-bond donors (Lipinski definition) is 0. The highest BCUT2D eigenvalue weighted by Crippen LogP contribution is 2.30. The van der Waals surface area contributed by atoms with Gasteiger partial charge in [0.1, 0.15) is 12.7 Å². The van der Waals surface area contributed by atoms with Gasteiger partial charge in [-0.25, -0.2) is 4.79 Å². The maximum Gasteiger partial charge on any atom is 0.340 e. The van der Waals surface area contributed by atoms with Crippen LogP contribution < -0.4 is 0 Å². The van der Waals surface area contributed by atoms with Crippen LogP contribution in [-0.2, 0) is 9.47 Å². The predicted molar refractivity (Wildman–Crippen MR) is 121 cm³/mol. The number of esters is 1. The molecule has 4 rings (SSSR count). The van der Waals surface area contributed by atoms with E-state index in [2.05, 4.69) is 11.8 Å². The summed E-state index contributed by atoms with van der Waals surface area (Å²) in [5, 5.41) is 0. The van der Waals surface area contributed by atoms with E-state index in [1.165, 1.54) is 0 Å². The molecule has 0 saturated heterocycles. The Morgan fingerprint density at radius 1 is 0.968 bits per heavy atom. The van der Waals surface area contributed by atoms with Crippen molar-refractivity contribution in [1.29, 1.82) is 0 Å². The van der Waals surface area contributed by atoms with Crippen LogP contribution in [0.5, 0.6) is 0 Å². The summed E-state index contributed by atoms with van der Waals surface area (Å²) >= 11 is 0. The van der Waals surface area contributed by atoms with Gasteiger partial charge in [-0.15, -0.1) is 0 Å². The fourth-order valence-electron chi connectivity index (χ4n) is 3.52. The van der Waals surface area contributed by atoms with Crippen molar-refractivity contribution in [3.05, 3.63) is 114 Å². The van der Waals surface area contributed by atoms with E-state index in [9.17, 15) is 4.79 Å². The Hall–Kier alpha value is -3.81. The number of aromatic nitrogens is 1. The average Bonchev–Trinajstić information content (AvgIpc) is 3.20. The van der Waals surface area contributed by atoms with E-state index in [0.717, 1.165) is 22.3 Å². The molecule has 0 spiro atoms. The normalized spacial score (nSPS) is 11.5. The van der Waals surface area contributed by atoms with Gasteiger partial charge in [0.15, 0.2) is 0 Å². The minimum atomic E-state index is -0.385. The Balaban J connectivity index is 1.70. The second-order valence-corrected chi connectivity index (χ2v) is 6.93. The van der Waals surface area contributed by atoms with Crippen molar-refractivity contribution in [2.75, 3.05) is 13.2 Å². The summed E-state index contributed by atoms with van der Waals surface area (Å²) in [5.41, 5.74) is 4.10. The quantitative estimate of drug-likeness (QED) is 0.322. The minimum Gasteiger partial charge on any atom is -0.462 e. The molecule has 1 unspecified atom stereocenters. The molecule has 0 aliphatic carbocycles. The van der Waals surface area contributed by atoms with E-state index in [4.69, 9.17) is 9.47 Å². The summed E-state index contributed by atoms with van der Waals surface area (Å²) in [6, 6.07) is 27.4. The van der Waals surface area contributed by atoms with Crippen molar-refractivity contribution in [2.45, 2.75) is 13.0 Å². The maximum atomic E-state index is 12.5. The highest BCUT2D eigenvalue weighted by atomic mass is 16.5. The number of pyridine rings is 1. The summed E-state index contributed by atoms with van der Waals surface area (Å²) in [4.78, 5) is 12.5. The van der Waals surface area contributed by atoms with Crippen LogP contribution in [0, 0.1) is 11.8 Å². The zero-order chi connectivity index (χ0) is 21.5. The van der Waals surface area contributed by atoms with E-state index in [-0.39, 0.29) is 18.7 Å². The molecule has 0 aliphatic rings. The largest absolute Gasteiger partial charge is 0.462 e. The zero-order valence-electron chi connectivity index (χ0n) is 17.3. The third-order valence-electron chi connectivity index (χ3n) is 4.90. The Morgan fingerprint density at radius 2 is 1.68 bits per heavy atom. The van der Waals surface area contributed by atoms with Gasteiger partial charge in [0, 0.05) is 11.8 Å². The molecule has 0 N–H and O–H groups in total. The van der Waals surface area contributed by atoms with Crippen LogP contribution in [0.3, 0.4) is 0 Å². The maximum absolute atomic E-state index is 12.5. The highest BCUT2D eigenvalue weighted by Gasteiger charge is 2.23. The van der Waals surface area contributed by atoms with Crippen molar-refractivity contribution in [2.24, 2.45) is 0 Å². The fourth-order valence-corrected chi connectivity index (χ4v) is 3.52. The van der Waals surface area contributed by atoms with Gasteiger partial charge in [-0.05, 0) is 42.8 Å². The number of rotatable bonds is 6. The van der Waals surface area contributed by atoms with Crippen molar-refractivity contribution in [1.82, 2.24) is 4.40 Å². The zero-order valence-corrected chi connectivity index (χ0v) is 17.3. The van der Waals surface area contributed by atoms with Crippen LogP contribution in [0.15, 0.2) is 91.1 Å². The standard InChI is InChI=1S/C27H23NO3/c1-2-30-27(29)23-20-25(28-18-10-9-17-24(23)28)26(22-15-7-4-8-16-22)31-19-11-14-21-12-5-3-6-13-21/h3-10,12-13,15-18,20,26H,2,19H2,1H3. The molecule has 1 atom stereocenters. The molecule has 0 radical (unpaired) electrons. The molecule has 0 fully saturated rings. The summed E-state index contributed by atoms with van der Waals surface area (Å²) in [5.74, 6) is 5.88. The molecule has 4 aromatic rings. The lowest BCUT2D eigenvalue weighted by Crippen LogP contribution is -2.09. The molecule has 0 amide bonds. The molecule has 2 aromatic carbocycles. The van der Waals surface area contributed by atoms with Crippen LogP contribution in [0.25, 0.3) is 5.52 Å². The summed E-state index contributed by atoms with van der Waals surface area (Å²) < 4.78 is 13.5. The Bertz CT molecular complexity index is 1220. The van der Waals surface area contributed by atoms with Gasteiger partial charge in [-0.3, -0.25) is 0 Å². The van der Waals surface area contributed by atoms with Crippen LogP contribution in [0.1, 0.15) is 40.2 Å². The second-order valence-electron chi connectivity index (χ2n) is 6.93. The molecule has 154 valence electrons. The van der Waals surface area contributed by atoms with Gasteiger partial charge in [0.25, 0.3) is 0 Å². The average molecular weight is 409 g/mol.